The third kappa shape index (κ3) is 7.69. The van der Waals surface area contributed by atoms with E-state index in [1.807, 2.05) is 19.0 Å². The van der Waals surface area contributed by atoms with E-state index in [0.29, 0.717) is 23.0 Å². The first-order valence-electron chi connectivity index (χ1n) is 13.1. The normalized spacial score (nSPS) is 18.1. The van der Waals surface area contributed by atoms with E-state index in [9.17, 15) is 18.8 Å². The Morgan fingerprint density at radius 1 is 1.19 bits per heavy atom. The van der Waals surface area contributed by atoms with Crippen molar-refractivity contribution in [2.75, 3.05) is 33.8 Å². The van der Waals surface area contributed by atoms with Crippen LogP contribution in [-0.4, -0.2) is 95.7 Å². The van der Waals surface area contributed by atoms with Gasteiger partial charge >= 0.3 is 0 Å². The van der Waals surface area contributed by atoms with Crippen LogP contribution in [0.25, 0.3) is 10.9 Å². The monoisotopic (exact) mass is 606 g/mol. The molecule has 0 spiro atoms. The maximum absolute atomic E-state index is 15.3. The summed E-state index contributed by atoms with van der Waals surface area (Å²) in [4.78, 5) is 50.4. The van der Waals surface area contributed by atoms with E-state index in [2.05, 4.69) is 5.32 Å². The van der Waals surface area contributed by atoms with Gasteiger partial charge in [-0.25, -0.2) is 8.78 Å². The Hall–Kier alpha value is -3.87. The fraction of sp³-hybridized carbons (Fsp3) is 0.379. The van der Waals surface area contributed by atoms with Gasteiger partial charge in [0.1, 0.15) is 30.7 Å². The van der Waals surface area contributed by atoms with E-state index >= 15 is 4.39 Å². The van der Waals surface area contributed by atoms with Crippen LogP contribution in [0.4, 0.5) is 8.78 Å². The van der Waals surface area contributed by atoms with Crippen molar-refractivity contribution in [3.8, 4) is 0 Å². The molecule has 3 aromatic rings. The number of alkyl halides is 1. The van der Waals surface area contributed by atoms with E-state index in [0.717, 1.165) is 4.90 Å². The SMILES string of the molecule is CC(=O)c1cn(CC(=O)N2C[C@H](F)[C@@H](OCCN(C)C)[C@H]2C(=O)NCc2cccc(Cl)c2F)c2ccccc12.O=CO. The van der Waals surface area contributed by atoms with E-state index in [4.69, 9.17) is 26.2 Å². The van der Waals surface area contributed by atoms with Crippen molar-refractivity contribution in [1.29, 1.82) is 0 Å². The zero-order valence-corrected chi connectivity index (χ0v) is 24.2. The quantitative estimate of drug-likeness (QED) is 0.269. The number of benzene rings is 2. The Bertz CT molecular complexity index is 1430. The van der Waals surface area contributed by atoms with Crippen LogP contribution in [0.1, 0.15) is 22.8 Å². The van der Waals surface area contributed by atoms with E-state index in [1.54, 1.807) is 41.1 Å². The standard InChI is InChI=1S/C28H31ClF2N4O4.CH2O2/c1-17(36)20-14-34(23-10-5-4-8-19(20)23)16-24(37)35-15-22(30)27(39-12-11-33(2)3)26(35)28(38)32-13-18-7-6-9-21(29)25(18)31;2-1-3/h4-10,14,22,26-27H,11-13,15-16H2,1-3H3,(H,32,38);1H,(H,2,3)/t22-,26-,27+;/m0./s1. The molecular weight excluding hydrogens is 574 g/mol. The Labute approximate surface area is 246 Å². The second-order valence-corrected chi connectivity index (χ2v) is 10.3. The van der Waals surface area contributed by atoms with Gasteiger partial charge in [-0.3, -0.25) is 19.2 Å². The molecule has 10 nitrogen and oxygen atoms in total. The zero-order valence-electron chi connectivity index (χ0n) is 23.4. The fourth-order valence-electron chi connectivity index (χ4n) is 4.76. The minimum Gasteiger partial charge on any atom is -0.483 e. The number of amides is 2. The van der Waals surface area contributed by atoms with E-state index in [-0.39, 0.29) is 49.1 Å². The first-order valence-corrected chi connectivity index (χ1v) is 13.4. The molecule has 0 saturated carbocycles. The molecule has 2 N–H and O–H groups in total. The van der Waals surface area contributed by atoms with E-state index in [1.165, 1.54) is 19.1 Å². The number of carbonyl (C=O) groups excluding carboxylic acids is 3. The molecule has 4 rings (SSSR count). The van der Waals surface area contributed by atoms with Gasteiger partial charge in [-0.1, -0.05) is 41.9 Å². The predicted molar refractivity (Wildman–Crippen MR) is 153 cm³/mol. The lowest BCUT2D eigenvalue weighted by molar-refractivity contribution is -0.142. The van der Waals surface area contributed by atoms with Gasteiger partial charge in [0.25, 0.3) is 6.47 Å². The van der Waals surface area contributed by atoms with Gasteiger partial charge < -0.3 is 29.5 Å². The third-order valence-electron chi connectivity index (χ3n) is 6.77. The molecule has 226 valence electrons. The summed E-state index contributed by atoms with van der Waals surface area (Å²) in [5.74, 6) is -2.00. The Kier molecular flexibility index (Phi) is 11.5. The van der Waals surface area contributed by atoms with Crippen molar-refractivity contribution in [3.05, 3.63) is 70.6 Å². The molecule has 1 aliphatic rings. The fourth-order valence-corrected chi connectivity index (χ4v) is 4.96. The highest BCUT2D eigenvalue weighted by Gasteiger charge is 2.49. The molecule has 3 atom stereocenters. The first-order chi connectivity index (χ1) is 20.0. The van der Waals surface area contributed by atoms with Gasteiger partial charge in [-0.05, 0) is 33.2 Å². The molecule has 2 heterocycles. The predicted octanol–water partition coefficient (Wildman–Crippen LogP) is 3.15. The number of carboxylic acid groups (broad SMARTS) is 1. The number of ketones is 1. The molecule has 0 aliphatic carbocycles. The molecule has 0 bridgehead atoms. The lowest BCUT2D eigenvalue weighted by Gasteiger charge is -2.27. The van der Waals surface area contributed by atoms with Crippen LogP contribution < -0.4 is 5.32 Å². The molecule has 0 radical (unpaired) electrons. The largest absolute Gasteiger partial charge is 0.483 e. The number of fused-ring (bicyclic) bond motifs is 1. The second kappa shape index (κ2) is 14.9. The summed E-state index contributed by atoms with van der Waals surface area (Å²) < 4.78 is 37.1. The number of rotatable bonds is 10. The van der Waals surface area contributed by atoms with Crippen molar-refractivity contribution >= 4 is 46.6 Å². The van der Waals surface area contributed by atoms with Gasteiger partial charge in [0, 0.05) is 41.3 Å². The summed E-state index contributed by atoms with van der Waals surface area (Å²) in [6.07, 6.45) is -1.22. The topological polar surface area (TPSA) is 121 Å². The van der Waals surface area contributed by atoms with Crippen molar-refractivity contribution in [1.82, 2.24) is 19.7 Å². The van der Waals surface area contributed by atoms with Gasteiger partial charge in [-0.15, -0.1) is 0 Å². The molecule has 1 aliphatic heterocycles. The van der Waals surface area contributed by atoms with Gasteiger partial charge in [0.05, 0.1) is 18.2 Å². The summed E-state index contributed by atoms with van der Waals surface area (Å²) in [6.45, 7) is 1.08. The van der Waals surface area contributed by atoms with Crippen LogP contribution >= 0.6 is 11.6 Å². The molecular formula is C29H33ClF2N4O6. The number of nitrogens with one attached hydrogen (secondary N) is 1. The molecule has 13 heteroatoms. The molecule has 1 fully saturated rings. The molecule has 2 aromatic carbocycles. The zero-order chi connectivity index (χ0) is 31.0. The van der Waals surface area contributed by atoms with Crippen LogP contribution in [0.15, 0.2) is 48.7 Å². The lowest BCUT2D eigenvalue weighted by Crippen LogP contribution is -2.52. The number of likely N-dealkylation sites (N-methyl/N-ethyl adjacent to an activating group) is 1. The number of hydrogen-bond donors (Lipinski definition) is 2. The van der Waals surface area contributed by atoms with Crippen LogP contribution in [-0.2, 0) is 32.2 Å². The molecule has 2 amide bonds. The Morgan fingerprint density at radius 2 is 1.88 bits per heavy atom. The number of Topliss-reactive ketones (excluding diaryl/α,β-unsaturated/α-hetero) is 1. The highest BCUT2D eigenvalue weighted by molar-refractivity contribution is 6.30. The second-order valence-electron chi connectivity index (χ2n) is 9.93. The first kappa shape index (κ1) is 32.6. The molecule has 1 saturated heterocycles. The number of halogens is 3. The minimum absolute atomic E-state index is 0.0861. The minimum atomic E-state index is -1.61. The highest BCUT2D eigenvalue weighted by Crippen LogP contribution is 2.27. The van der Waals surface area contributed by atoms with Gasteiger partial charge in [0.2, 0.25) is 11.8 Å². The van der Waals surface area contributed by atoms with Crippen molar-refractivity contribution in [2.24, 2.45) is 0 Å². The molecule has 1 aromatic heterocycles. The van der Waals surface area contributed by atoms with Crippen LogP contribution in [0.5, 0.6) is 0 Å². The van der Waals surface area contributed by atoms with Gasteiger partial charge in [-0.2, -0.15) is 0 Å². The van der Waals surface area contributed by atoms with Crippen molar-refractivity contribution in [2.45, 2.75) is 38.3 Å². The number of carbonyl (C=O) groups is 4. The summed E-state index contributed by atoms with van der Waals surface area (Å²) >= 11 is 5.85. The van der Waals surface area contributed by atoms with Crippen LogP contribution in [0.3, 0.4) is 0 Å². The molecule has 0 unspecified atom stereocenters. The third-order valence-corrected chi connectivity index (χ3v) is 7.06. The summed E-state index contributed by atoms with van der Waals surface area (Å²) in [7, 11) is 3.67. The number of ether oxygens (including phenoxy) is 1. The summed E-state index contributed by atoms with van der Waals surface area (Å²) in [5, 5.41) is 10.1. The van der Waals surface area contributed by atoms with E-state index < -0.39 is 35.9 Å². The van der Waals surface area contributed by atoms with Crippen LogP contribution in [0.2, 0.25) is 5.02 Å². The number of likely N-dealkylation sites (tertiary alicyclic amines) is 1. The number of aromatic nitrogens is 1. The smallest absolute Gasteiger partial charge is 0.290 e. The van der Waals surface area contributed by atoms with Crippen molar-refractivity contribution < 1.29 is 37.8 Å². The van der Waals surface area contributed by atoms with Crippen LogP contribution in [0, 0.1) is 5.82 Å². The maximum Gasteiger partial charge on any atom is 0.290 e. The Morgan fingerprint density at radius 3 is 2.55 bits per heavy atom. The number of nitrogens with zero attached hydrogens (tertiary/aromatic N) is 3. The number of para-hydroxylation sites is 1. The average molecular weight is 607 g/mol. The Balaban J connectivity index is 0.00000155. The lowest BCUT2D eigenvalue weighted by atomic mass is 10.1. The summed E-state index contributed by atoms with van der Waals surface area (Å²) in [5.41, 5.74) is 1.29. The number of hydrogen-bond acceptors (Lipinski definition) is 6. The van der Waals surface area contributed by atoms with Gasteiger partial charge in [0.15, 0.2) is 5.78 Å². The maximum atomic E-state index is 15.3. The highest BCUT2D eigenvalue weighted by atomic mass is 35.5. The summed E-state index contributed by atoms with van der Waals surface area (Å²) in [6, 6.07) is 10.3. The molecule has 42 heavy (non-hydrogen) atoms. The average Bonchev–Trinajstić information content (AvgIpc) is 3.47. The van der Waals surface area contributed by atoms with Crippen molar-refractivity contribution in [3.63, 3.8) is 0 Å².